The lowest BCUT2D eigenvalue weighted by Gasteiger charge is -2.23. The Hall–Kier alpha value is -4.43. The van der Waals surface area contributed by atoms with Crippen molar-refractivity contribution in [2.45, 2.75) is 62.3 Å². The van der Waals surface area contributed by atoms with Crippen LogP contribution in [0.5, 0.6) is 5.88 Å². The number of benzene rings is 2. The molecule has 0 spiro atoms. The largest absolute Gasteiger partial charge is 0.492 e. The normalized spacial score (nSPS) is 12.2. The number of rotatable bonds is 9. The van der Waals surface area contributed by atoms with Gasteiger partial charge in [-0.1, -0.05) is 32.4 Å². The molecule has 0 saturated carbocycles. The molecule has 0 aliphatic rings. The molecular weight excluding hydrogens is 550 g/mol. The second-order valence-corrected chi connectivity index (χ2v) is 11.4. The van der Waals surface area contributed by atoms with Crippen LogP contribution in [0.15, 0.2) is 69.2 Å². The number of sulfone groups is 1. The van der Waals surface area contributed by atoms with Crippen LogP contribution in [-0.4, -0.2) is 28.1 Å². The molecule has 0 aliphatic heterocycles. The first-order valence-electron chi connectivity index (χ1n) is 13.0. The van der Waals surface area contributed by atoms with Crippen LogP contribution in [-0.2, 0) is 16.3 Å². The van der Waals surface area contributed by atoms with Gasteiger partial charge in [-0.3, -0.25) is 9.36 Å². The van der Waals surface area contributed by atoms with E-state index < -0.39 is 44.0 Å². The average Bonchev–Trinajstić information content (AvgIpc) is 2.93. The molecule has 0 bridgehead atoms. The summed E-state index contributed by atoms with van der Waals surface area (Å²) in [6.07, 6.45) is 1.84. The quantitative estimate of drug-likeness (QED) is 0.255. The molecule has 4 rings (SSSR count). The molecule has 0 amide bonds. The molecule has 4 aromatic rings. The van der Waals surface area contributed by atoms with E-state index in [2.05, 4.69) is 9.97 Å². The van der Waals surface area contributed by atoms with Gasteiger partial charge >= 0.3 is 0 Å². The van der Waals surface area contributed by atoms with Crippen molar-refractivity contribution in [3.8, 4) is 23.1 Å². The molecule has 11 heteroatoms. The van der Waals surface area contributed by atoms with Gasteiger partial charge in [0.2, 0.25) is 21.7 Å². The van der Waals surface area contributed by atoms with Crippen molar-refractivity contribution in [1.29, 1.82) is 5.26 Å². The highest BCUT2D eigenvalue weighted by Crippen LogP contribution is 2.31. The van der Waals surface area contributed by atoms with E-state index in [1.54, 1.807) is 13.8 Å². The van der Waals surface area contributed by atoms with E-state index >= 15 is 0 Å². The maximum absolute atomic E-state index is 14.4. The minimum Gasteiger partial charge on any atom is -0.492 e. The Labute approximate surface area is 236 Å². The minimum atomic E-state index is -4.57. The van der Waals surface area contributed by atoms with E-state index in [0.29, 0.717) is 28.8 Å². The standard InChI is InChI=1S/C30H28F2N4O4S/c1-4-6-7-27-35-29(37)28(30(38)36(27)25(5-2)21-14-19(17-33)15-22(31)16-21)41(39,40)23-10-8-20(9-11-23)24-12-13-26(32)34-18(24)3/h8-16,25,37H,4-7H2,1-3H3/t25-/m0/s1. The van der Waals surface area contributed by atoms with Gasteiger partial charge in [0, 0.05) is 17.7 Å². The number of aryl methyl sites for hydroxylation is 2. The van der Waals surface area contributed by atoms with Crippen LogP contribution in [0.1, 0.15) is 61.8 Å². The molecule has 0 aliphatic carbocycles. The van der Waals surface area contributed by atoms with Crippen molar-refractivity contribution in [3.05, 3.63) is 99.4 Å². The van der Waals surface area contributed by atoms with Gasteiger partial charge in [-0.05, 0) is 73.4 Å². The Morgan fingerprint density at radius 1 is 1.05 bits per heavy atom. The number of nitrogens with zero attached hydrogens (tertiary/aromatic N) is 4. The third-order valence-corrected chi connectivity index (χ3v) is 8.60. The third kappa shape index (κ3) is 5.88. The predicted octanol–water partition coefficient (Wildman–Crippen LogP) is 5.64. The number of aromatic nitrogens is 3. The van der Waals surface area contributed by atoms with E-state index in [1.165, 1.54) is 53.1 Å². The second kappa shape index (κ2) is 12.0. The maximum atomic E-state index is 14.4. The minimum absolute atomic E-state index is 0.0490. The van der Waals surface area contributed by atoms with Crippen molar-refractivity contribution in [3.63, 3.8) is 0 Å². The van der Waals surface area contributed by atoms with Crippen molar-refractivity contribution >= 4 is 9.84 Å². The predicted molar refractivity (Wildman–Crippen MR) is 148 cm³/mol. The Morgan fingerprint density at radius 2 is 1.76 bits per heavy atom. The van der Waals surface area contributed by atoms with Crippen molar-refractivity contribution in [1.82, 2.24) is 14.5 Å². The summed E-state index contributed by atoms with van der Waals surface area (Å²) < 4.78 is 56.5. The zero-order valence-corrected chi connectivity index (χ0v) is 23.5. The summed E-state index contributed by atoms with van der Waals surface area (Å²) in [4.78, 5) is 20.7. The number of nitriles is 1. The van der Waals surface area contributed by atoms with Crippen LogP contribution in [0, 0.1) is 30.0 Å². The van der Waals surface area contributed by atoms with Gasteiger partial charge < -0.3 is 5.11 Å². The average molecular weight is 579 g/mol. The van der Waals surface area contributed by atoms with Crippen molar-refractivity contribution in [2.75, 3.05) is 0 Å². The Morgan fingerprint density at radius 3 is 2.37 bits per heavy atom. The first-order valence-corrected chi connectivity index (χ1v) is 14.5. The van der Waals surface area contributed by atoms with Crippen LogP contribution < -0.4 is 5.56 Å². The van der Waals surface area contributed by atoms with E-state index in [9.17, 15) is 32.4 Å². The summed E-state index contributed by atoms with van der Waals surface area (Å²) in [5.41, 5.74) is 0.936. The van der Waals surface area contributed by atoms with Crippen LogP contribution in [0.3, 0.4) is 0 Å². The fourth-order valence-electron chi connectivity index (χ4n) is 4.82. The number of hydrogen-bond donors (Lipinski definition) is 1. The Kier molecular flexibility index (Phi) is 8.63. The van der Waals surface area contributed by atoms with E-state index in [0.717, 1.165) is 12.5 Å². The van der Waals surface area contributed by atoms with Crippen LogP contribution in [0.4, 0.5) is 8.78 Å². The number of unbranched alkanes of at least 4 members (excludes halogenated alkanes) is 1. The Balaban J connectivity index is 1.88. The lowest BCUT2D eigenvalue weighted by Crippen LogP contribution is -2.33. The van der Waals surface area contributed by atoms with Gasteiger partial charge in [0.15, 0.2) is 4.90 Å². The molecule has 2 heterocycles. The SMILES string of the molecule is CCCCc1nc(O)c(S(=O)(=O)c2ccc(-c3ccc(F)nc3C)cc2)c(=O)n1[C@@H](CC)c1cc(F)cc(C#N)c1. The monoisotopic (exact) mass is 578 g/mol. The summed E-state index contributed by atoms with van der Waals surface area (Å²) >= 11 is 0. The maximum Gasteiger partial charge on any atom is 0.277 e. The van der Waals surface area contributed by atoms with E-state index in [1.807, 2.05) is 13.0 Å². The smallest absolute Gasteiger partial charge is 0.277 e. The summed E-state index contributed by atoms with van der Waals surface area (Å²) in [6, 6.07) is 13.0. The fraction of sp³-hybridized carbons (Fsp3) is 0.267. The van der Waals surface area contributed by atoms with Crippen LogP contribution in [0.25, 0.3) is 11.1 Å². The topological polar surface area (TPSA) is 126 Å². The number of aromatic hydroxyl groups is 1. The molecule has 0 saturated heterocycles. The number of hydrogen-bond acceptors (Lipinski definition) is 7. The lowest BCUT2D eigenvalue weighted by molar-refractivity contribution is 0.406. The number of pyridine rings is 1. The molecule has 1 atom stereocenters. The van der Waals surface area contributed by atoms with Gasteiger partial charge in [0.25, 0.3) is 5.56 Å². The lowest BCUT2D eigenvalue weighted by atomic mass is 10.0. The molecule has 2 aromatic carbocycles. The van der Waals surface area contributed by atoms with Gasteiger partial charge in [0.1, 0.15) is 11.6 Å². The van der Waals surface area contributed by atoms with Gasteiger partial charge in [-0.25, -0.2) is 17.8 Å². The van der Waals surface area contributed by atoms with E-state index in [4.69, 9.17) is 0 Å². The van der Waals surface area contributed by atoms with Gasteiger partial charge in [-0.15, -0.1) is 0 Å². The summed E-state index contributed by atoms with van der Waals surface area (Å²) in [5, 5.41) is 20.1. The molecule has 0 radical (unpaired) electrons. The highest BCUT2D eigenvalue weighted by Gasteiger charge is 2.32. The molecule has 212 valence electrons. The van der Waals surface area contributed by atoms with E-state index in [-0.39, 0.29) is 29.1 Å². The van der Waals surface area contributed by atoms with Gasteiger partial charge in [-0.2, -0.15) is 14.6 Å². The first kappa shape index (κ1) is 29.6. The summed E-state index contributed by atoms with van der Waals surface area (Å²) in [7, 11) is -4.57. The molecule has 8 nitrogen and oxygen atoms in total. The molecule has 41 heavy (non-hydrogen) atoms. The zero-order valence-electron chi connectivity index (χ0n) is 22.7. The first-order chi connectivity index (χ1) is 19.5. The fourth-order valence-corrected chi connectivity index (χ4v) is 6.16. The second-order valence-electron chi connectivity index (χ2n) is 9.56. The van der Waals surface area contributed by atoms with Crippen LogP contribution in [0.2, 0.25) is 0 Å². The molecule has 2 aromatic heterocycles. The molecule has 0 fully saturated rings. The van der Waals surface area contributed by atoms with Gasteiger partial charge in [0.05, 0.1) is 22.6 Å². The summed E-state index contributed by atoms with van der Waals surface area (Å²) in [6.45, 7) is 5.29. The highest BCUT2D eigenvalue weighted by molar-refractivity contribution is 7.91. The summed E-state index contributed by atoms with van der Waals surface area (Å²) in [5.74, 6) is -2.09. The zero-order chi connectivity index (χ0) is 29.9. The molecule has 0 unspecified atom stereocenters. The Bertz CT molecular complexity index is 1810. The molecular formula is C30H28F2N4O4S. The number of halogens is 2. The molecule has 1 N–H and O–H groups in total. The third-order valence-electron chi connectivity index (χ3n) is 6.81. The van der Waals surface area contributed by atoms with Crippen LogP contribution >= 0.6 is 0 Å². The van der Waals surface area contributed by atoms with Crippen molar-refractivity contribution < 1.29 is 22.3 Å². The van der Waals surface area contributed by atoms with Crippen molar-refractivity contribution in [2.24, 2.45) is 0 Å². The highest BCUT2D eigenvalue weighted by atomic mass is 32.2.